The summed E-state index contributed by atoms with van der Waals surface area (Å²) in [5.41, 5.74) is 3.57. The van der Waals surface area contributed by atoms with Crippen LogP contribution >= 0.6 is 0 Å². The van der Waals surface area contributed by atoms with E-state index < -0.39 is 6.09 Å². The first-order valence-corrected chi connectivity index (χ1v) is 15.2. The molecule has 9 nitrogen and oxygen atoms in total. The van der Waals surface area contributed by atoms with E-state index in [1.54, 1.807) is 12.1 Å². The number of halogens is 1. The first kappa shape index (κ1) is 30.9. The molecule has 43 heavy (non-hydrogen) atoms. The van der Waals surface area contributed by atoms with Crippen molar-refractivity contribution in [1.82, 2.24) is 14.7 Å². The van der Waals surface area contributed by atoms with Gasteiger partial charge < -0.3 is 19.6 Å². The number of carboxylic acid groups (broad SMARTS) is 1. The van der Waals surface area contributed by atoms with E-state index >= 15 is 0 Å². The maximum absolute atomic E-state index is 14.2. The molecule has 2 amide bonds. The van der Waals surface area contributed by atoms with Gasteiger partial charge in [-0.25, -0.2) is 9.18 Å². The summed E-state index contributed by atoms with van der Waals surface area (Å²) in [5.74, 6) is -0.306. The van der Waals surface area contributed by atoms with Crippen molar-refractivity contribution in [2.75, 3.05) is 57.4 Å². The third-order valence-corrected chi connectivity index (χ3v) is 9.41. The zero-order chi connectivity index (χ0) is 30.7. The Labute approximate surface area is 253 Å². The average Bonchev–Trinajstić information content (AvgIpc) is 3.27. The Hall–Kier alpha value is -3.52. The Morgan fingerprint density at radius 1 is 1.09 bits per heavy atom. The molecule has 10 heteroatoms. The number of nitriles is 1. The van der Waals surface area contributed by atoms with Gasteiger partial charge in [0.2, 0.25) is 5.91 Å². The predicted molar refractivity (Wildman–Crippen MR) is 162 cm³/mol. The molecule has 2 fully saturated rings. The Kier molecular flexibility index (Phi) is 9.35. The van der Waals surface area contributed by atoms with Crippen LogP contribution in [0.3, 0.4) is 0 Å². The number of hydrogen-bond acceptors (Lipinski definition) is 6. The highest BCUT2D eigenvalue weighted by Crippen LogP contribution is 2.44. The van der Waals surface area contributed by atoms with Gasteiger partial charge in [0.1, 0.15) is 5.82 Å². The number of piperazine rings is 1. The van der Waals surface area contributed by atoms with Crippen LogP contribution in [0.1, 0.15) is 50.3 Å². The van der Waals surface area contributed by atoms with Gasteiger partial charge in [0.15, 0.2) is 0 Å². The topological polar surface area (TPSA) is 100 Å². The second kappa shape index (κ2) is 13.0. The fourth-order valence-corrected chi connectivity index (χ4v) is 6.85. The number of morpholine rings is 1. The van der Waals surface area contributed by atoms with Crippen LogP contribution in [0.5, 0.6) is 0 Å². The van der Waals surface area contributed by atoms with Crippen molar-refractivity contribution in [3.8, 4) is 6.07 Å². The fourth-order valence-electron chi connectivity index (χ4n) is 6.85. The van der Waals surface area contributed by atoms with Crippen LogP contribution < -0.4 is 4.90 Å². The molecule has 0 aromatic heterocycles. The van der Waals surface area contributed by atoms with Crippen LogP contribution in [-0.4, -0.2) is 102 Å². The number of fused-ring (bicyclic) bond motifs is 1. The van der Waals surface area contributed by atoms with Gasteiger partial charge in [-0.1, -0.05) is 31.2 Å². The molecule has 0 bridgehead atoms. The minimum Gasteiger partial charge on any atom is -0.465 e. The average molecular weight is 592 g/mol. The molecule has 2 aromatic rings. The highest BCUT2D eigenvalue weighted by Gasteiger charge is 2.43. The Morgan fingerprint density at radius 3 is 2.53 bits per heavy atom. The van der Waals surface area contributed by atoms with Crippen LogP contribution in [0.2, 0.25) is 0 Å². The van der Waals surface area contributed by atoms with Gasteiger partial charge in [-0.15, -0.1) is 0 Å². The van der Waals surface area contributed by atoms with Crippen LogP contribution in [0.4, 0.5) is 14.9 Å². The summed E-state index contributed by atoms with van der Waals surface area (Å²) in [5, 5.41) is 19.2. The molecule has 0 unspecified atom stereocenters. The van der Waals surface area contributed by atoms with Crippen LogP contribution in [-0.2, 0) is 21.4 Å². The number of benzene rings is 2. The van der Waals surface area contributed by atoms with Crippen molar-refractivity contribution in [2.24, 2.45) is 0 Å². The molecule has 5 rings (SSSR count). The lowest BCUT2D eigenvalue weighted by molar-refractivity contribution is -0.121. The van der Waals surface area contributed by atoms with Gasteiger partial charge >= 0.3 is 6.09 Å². The number of carbonyl (C=O) groups is 2. The molecule has 2 aromatic carbocycles. The minimum atomic E-state index is -0.936. The fraction of sp³-hybridized carbons (Fsp3) is 0.545. The van der Waals surface area contributed by atoms with Crippen molar-refractivity contribution in [1.29, 1.82) is 5.26 Å². The van der Waals surface area contributed by atoms with Crippen molar-refractivity contribution >= 4 is 17.7 Å². The molecule has 0 saturated carbocycles. The van der Waals surface area contributed by atoms with Crippen LogP contribution in [0.15, 0.2) is 42.5 Å². The number of hydrogen-bond donors (Lipinski definition) is 1. The molecule has 3 aliphatic rings. The van der Waals surface area contributed by atoms with Gasteiger partial charge in [0, 0.05) is 68.4 Å². The lowest BCUT2D eigenvalue weighted by atomic mass is 9.80. The summed E-state index contributed by atoms with van der Waals surface area (Å²) < 4.78 is 19.1. The SMILES string of the molecule is C[C@@H]1COCCN1C[C@H]1CN(C(=O)O)[C@H](C)CN1CC(=O)N1C[C@@](C)(CCC#N)c2ccc(Cc3ccc(F)cc3)cc21. The van der Waals surface area contributed by atoms with Crippen molar-refractivity contribution in [3.63, 3.8) is 0 Å². The summed E-state index contributed by atoms with van der Waals surface area (Å²) >= 11 is 0. The third-order valence-electron chi connectivity index (χ3n) is 9.41. The third kappa shape index (κ3) is 6.85. The van der Waals surface area contributed by atoms with E-state index in [4.69, 9.17) is 4.74 Å². The van der Waals surface area contributed by atoms with Crippen LogP contribution in [0.25, 0.3) is 0 Å². The molecule has 3 heterocycles. The number of anilines is 1. The van der Waals surface area contributed by atoms with Crippen molar-refractivity contribution in [3.05, 3.63) is 65.0 Å². The maximum atomic E-state index is 14.2. The van der Waals surface area contributed by atoms with E-state index in [9.17, 15) is 24.3 Å². The molecule has 1 N–H and O–H groups in total. The minimum absolute atomic E-state index is 0.0307. The molecule has 0 spiro atoms. The summed E-state index contributed by atoms with van der Waals surface area (Å²) in [7, 11) is 0. The molecular weight excluding hydrogens is 549 g/mol. The second-order valence-electron chi connectivity index (χ2n) is 12.6. The van der Waals surface area contributed by atoms with E-state index in [1.807, 2.05) is 11.8 Å². The molecule has 0 radical (unpaired) electrons. The summed E-state index contributed by atoms with van der Waals surface area (Å²) in [6, 6.07) is 14.8. The molecule has 0 aliphatic carbocycles. The molecule has 3 aliphatic heterocycles. The van der Waals surface area contributed by atoms with Gasteiger partial charge in [-0.2, -0.15) is 5.26 Å². The summed E-state index contributed by atoms with van der Waals surface area (Å²) in [6.07, 6.45) is 0.709. The highest BCUT2D eigenvalue weighted by atomic mass is 19.1. The molecule has 230 valence electrons. The molecule has 2 saturated heterocycles. The van der Waals surface area contributed by atoms with Gasteiger partial charge in [0.25, 0.3) is 0 Å². The van der Waals surface area contributed by atoms with E-state index in [0.717, 1.165) is 28.9 Å². The number of carbonyl (C=O) groups excluding carboxylic acids is 1. The lowest BCUT2D eigenvalue weighted by Crippen LogP contribution is -2.64. The largest absolute Gasteiger partial charge is 0.465 e. The van der Waals surface area contributed by atoms with Gasteiger partial charge in [-0.3, -0.25) is 14.6 Å². The van der Waals surface area contributed by atoms with E-state index in [0.29, 0.717) is 58.7 Å². The number of ether oxygens (including phenoxy) is 1. The summed E-state index contributed by atoms with van der Waals surface area (Å²) in [4.78, 5) is 34.1. The Balaban J connectivity index is 1.40. The monoisotopic (exact) mass is 591 g/mol. The Bertz CT molecular complexity index is 1360. The highest BCUT2D eigenvalue weighted by molar-refractivity contribution is 5.97. The Morgan fingerprint density at radius 2 is 1.84 bits per heavy atom. The standard InChI is InChI=1S/C33H42FN5O4/c1-23-17-37(28(19-38(23)32(41)42)18-36-13-14-43-21-24(36)2)20-31(40)39-22-33(3,11-4-12-35)29-10-7-26(16-30(29)39)15-25-5-8-27(34)9-6-25/h5-10,16,23-24,28H,4,11,13-15,17-22H2,1-3H3,(H,41,42)/t23-,24-,28+,33-/m1/s1. The van der Waals surface area contributed by atoms with Crippen LogP contribution in [0, 0.1) is 17.1 Å². The number of rotatable bonds is 8. The van der Waals surface area contributed by atoms with Crippen molar-refractivity contribution in [2.45, 2.75) is 63.6 Å². The van der Waals surface area contributed by atoms with Gasteiger partial charge in [0.05, 0.1) is 25.8 Å². The van der Waals surface area contributed by atoms with Gasteiger partial charge in [-0.05, 0) is 61.6 Å². The van der Waals surface area contributed by atoms with E-state index in [2.05, 4.69) is 47.9 Å². The number of nitrogens with zero attached hydrogens (tertiary/aromatic N) is 5. The smallest absolute Gasteiger partial charge is 0.407 e. The summed E-state index contributed by atoms with van der Waals surface area (Å²) in [6.45, 7) is 10.3. The second-order valence-corrected chi connectivity index (χ2v) is 12.6. The zero-order valence-corrected chi connectivity index (χ0v) is 25.3. The van der Waals surface area contributed by atoms with E-state index in [1.165, 1.54) is 17.0 Å². The quantitative estimate of drug-likeness (QED) is 0.494. The van der Waals surface area contributed by atoms with E-state index in [-0.39, 0.29) is 41.8 Å². The first-order chi connectivity index (χ1) is 20.6. The van der Waals surface area contributed by atoms with Crippen molar-refractivity contribution < 1.29 is 23.8 Å². The lowest BCUT2D eigenvalue weighted by Gasteiger charge is -2.47. The zero-order valence-electron chi connectivity index (χ0n) is 25.3. The first-order valence-electron chi connectivity index (χ1n) is 15.2. The maximum Gasteiger partial charge on any atom is 0.407 e. The normalized spacial score (nSPS) is 26.3. The molecule has 4 atom stereocenters. The number of amides is 2. The predicted octanol–water partition coefficient (Wildman–Crippen LogP) is 4.10. The molecular formula is C33H42FN5O4.